The molecule has 1 fully saturated rings. The highest BCUT2D eigenvalue weighted by Gasteiger charge is 2.40. The lowest BCUT2D eigenvalue weighted by molar-refractivity contribution is -0.143. The van der Waals surface area contributed by atoms with E-state index in [-0.39, 0.29) is 69.2 Å². The molecular formula is C39H64N12O8. The number of guanidine groups is 1. The fourth-order valence-electron chi connectivity index (χ4n) is 6.73. The highest BCUT2D eigenvalue weighted by Crippen LogP contribution is 2.21. The molecule has 1 saturated heterocycles. The number of phenols is 1. The second-order valence-electron chi connectivity index (χ2n) is 15.4. The van der Waals surface area contributed by atoms with Crippen LogP contribution in [-0.4, -0.2) is 120 Å². The number of carboxylic acids is 1. The van der Waals surface area contributed by atoms with Crippen LogP contribution in [0.5, 0.6) is 5.75 Å². The number of amides is 5. The number of azide groups is 1. The number of rotatable bonds is 26. The Morgan fingerprint density at radius 1 is 0.915 bits per heavy atom. The van der Waals surface area contributed by atoms with Crippen molar-refractivity contribution in [3.8, 4) is 5.75 Å². The first-order valence-electron chi connectivity index (χ1n) is 20.3. The first-order chi connectivity index (χ1) is 28.0. The zero-order chi connectivity index (χ0) is 44.1. The molecule has 328 valence electrons. The van der Waals surface area contributed by atoms with Crippen LogP contribution in [0.2, 0.25) is 0 Å². The molecule has 1 aromatic carbocycles. The average Bonchev–Trinajstić information content (AvgIpc) is 3.69. The Morgan fingerprint density at radius 2 is 1.59 bits per heavy atom. The van der Waals surface area contributed by atoms with E-state index in [1.807, 2.05) is 20.8 Å². The first kappa shape index (κ1) is 49.5. The largest absolute Gasteiger partial charge is 0.508 e. The van der Waals surface area contributed by atoms with Crippen LogP contribution in [0.3, 0.4) is 0 Å². The zero-order valence-corrected chi connectivity index (χ0v) is 34.9. The summed E-state index contributed by atoms with van der Waals surface area (Å²) in [6.07, 6.45) is 3.21. The van der Waals surface area contributed by atoms with E-state index in [4.69, 9.17) is 17.0 Å². The van der Waals surface area contributed by atoms with Crippen LogP contribution in [0.25, 0.3) is 10.4 Å². The fourth-order valence-corrected chi connectivity index (χ4v) is 6.73. The Hall–Kier alpha value is -5.62. The van der Waals surface area contributed by atoms with Gasteiger partial charge >= 0.3 is 5.97 Å². The van der Waals surface area contributed by atoms with Gasteiger partial charge in [-0.2, -0.15) is 0 Å². The number of nitrogens with two attached hydrogens (primary N) is 2. The van der Waals surface area contributed by atoms with Crippen LogP contribution in [-0.2, 0) is 35.2 Å². The molecule has 0 spiro atoms. The summed E-state index contributed by atoms with van der Waals surface area (Å²) >= 11 is 0. The minimum absolute atomic E-state index is 0.0127. The highest BCUT2D eigenvalue weighted by atomic mass is 16.4. The van der Waals surface area contributed by atoms with E-state index >= 15 is 0 Å². The Balaban J connectivity index is 2.40. The molecule has 20 nitrogen and oxygen atoms in total. The van der Waals surface area contributed by atoms with Crippen molar-refractivity contribution in [1.29, 1.82) is 0 Å². The molecule has 0 saturated carbocycles. The number of nitrogens with zero attached hydrogens (tertiary/aromatic N) is 5. The lowest BCUT2D eigenvalue weighted by atomic mass is 9.96. The van der Waals surface area contributed by atoms with Gasteiger partial charge in [0.25, 0.3) is 0 Å². The second-order valence-corrected chi connectivity index (χ2v) is 15.4. The van der Waals surface area contributed by atoms with E-state index < -0.39 is 77.7 Å². The summed E-state index contributed by atoms with van der Waals surface area (Å²) in [6, 6.07) is -0.827. The van der Waals surface area contributed by atoms with Gasteiger partial charge in [-0.05, 0) is 93.6 Å². The normalized spacial score (nSPS) is 16.6. The third kappa shape index (κ3) is 17.0. The summed E-state index contributed by atoms with van der Waals surface area (Å²) in [7, 11) is 1.80. The summed E-state index contributed by atoms with van der Waals surface area (Å²) in [5.74, 6) is -5.08. The summed E-state index contributed by atoms with van der Waals surface area (Å²) in [4.78, 5) is 89.5. The topological polar surface area (TPSA) is 319 Å². The van der Waals surface area contributed by atoms with Crippen molar-refractivity contribution in [2.75, 3.05) is 26.7 Å². The van der Waals surface area contributed by atoms with E-state index in [1.54, 1.807) is 26.1 Å². The molecule has 11 N–H and O–H groups in total. The number of benzene rings is 1. The van der Waals surface area contributed by atoms with Crippen LogP contribution in [0.15, 0.2) is 34.4 Å². The van der Waals surface area contributed by atoms with Gasteiger partial charge in [0.2, 0.25) is 29.5 Å². The Morgan fingerprint density at radius 3 is 2.19 bits per heavy atom. The van der Waals surface area contributed by atoms with Crippen LogP contribution < -0.4 is 38.1 Å². The van der Waals surface area contributed by atoms with Gasteiger partial charge in [0.05, 0.1) is 0 Å². The number of hydrogen-bond acceptors (Lipinski definition) is 10. The number of hydrogen-bond donors (Lipinski definition) is 9. The number of aromatic hydroxyl groups is 1. The third-order valence-corrected chi connectivity index (χ3v) is 10.2. The molecule has 0 bridgehead atoms. The molecule has 1 heterocycles. The summed E-state index contributed by atoms with van der Waals surface area (Å²) in [6.45, 7) is 8.25. The van der Waals surface area contributed by atoms with Crippen molar-refractivity contribution in [2.24, 2.45) is 33.4 Å². The number of unbranched alkanes of at least 4 members (excludes halogenated alkanes) is 1. The van der Waals surface area contributed by atoms with Gasteiger partial charge in [-0.3, -0.25) is 29.0 Å². The molecule has 59 heavy (non-hydrogen) atoms. The molecule has 0 aliphatic carbocycles. The number of aliphatic carboxylic acids is 1. The maximum atomic E-state index is 14.2. The number of carboxylic acid groups (broad SMARTS) is 1. The highest BCUT2D eigenvalue weighted by molar-refractivity contribution is 5.97. The number of nitrogens with one attached hydrogen (secondary N) is 5. The van der Waals surface area contributed by atoms with Crippen molar-refractivity contribution in [3.63, 3.8) is 0 Å². The van der Waals surface area contributed by atoms with Gasteiger partial charge in [0.1, 0.15) is 42.0 Å². The minimum Gasteiger partial charge on any atom is -0.508 e. The molecule has 2 rings (SSSR count). The van der Waals surface area contributed by atoms with Crippen LogP contribution in [0.4, 0.5) is 0 Å². The standard InChI is InChI=1S/C39H64N12O8/c1-6-24(4)32(36(56)47-30(38(58)59)21-23(2)3)48-34(54)29(22-25-14-16-26(52)17-15-25)46-35(55)31-13-10-20-51(31)37(57)28(12-9-19-44-39(40)41)45-33(53)27(49-50-42)11-7-8-18-43-5/h14-17,23-24,27-32,43,52H,6-13,18-22H2,1-5H3,(H,45,53)(H,46,55)(H,47,56)(H,48,54)(H,58,59)(H4,40,41,44)/t24-,27-,28+,29+,30+,31+,32+/m0/s1. The zero-order valence-electron chi connectivity index (χ0n) is 34.9. The lowest BCUT2D eigenvalue weighted by Crippen LogP contribution is -2.60. The third-order valence-electron chi connectivity index (χ3n) is 10.2. The minimum atomic E-state index is -1.27. The van der Waals surface area contributed by atoms with Crippen molar-refractivity contribution >= 4 is 41.5 Å². The molecular weight excluding hydrogens is 765 g/mol. The van der Waals surface area contributed by atoms with Gasteiger partial charge in [0.15, 0.2) is 5.96 Å². The molecule has 20 heteroatoms. The molecule has 1 aliphatic rings. The molecule has 1 aromatic rings. The van der Waals surface area contributed by atoms with Gasteiger partial charge in [0, 0.05) is 24.4 Å². The van der Waals surface area contributed by atoms with Crippen molar-refractivity contribution < 1.29 is 39.0 Å². The fraction of sp³-hybridized carbons (Fsp3) is 0.667. The first-order valence-corrected chi connectivity index (χ1v) is 20.3. The predicted octanol–water partition coefficient (Wildman–Crippen LogP) is 1.16. The summed E-state index contributed by atoms with van der Waals surface area (Å²) < 4.78 is 0. The second kappa shape index (κ2) is 25.7. The van der Waals surface area contributed by atoms with Crippen molar-refractivity contribution in [1.82, 2.24) is 31.5 Å². The maximum Gasteiger partial charge on any atom is 0.326 e. The Kier molecular flexibility index (Phi) is 21.6. The molecule has 0 aromatic heterocycles. The predicted molar refractivity (Wildman–Crippen MR) is 221 cm³/mol. The van der Waals surface area contributed by atoms with E-state index in [0.717, 1.165) is 6.42 Å². The lowest BCUT2D eigenvalue weighted by Gasteiger charge is -2.31. The van der Waals surface area contributed by atoms with E-state index in [1.165, 1.54) is 17.0 Å². The van der Waals surface area contributed by atoms with Crippen molar-refractivity contribution in [3.05, 3.63) is 40.3 Å². The van der Waals surface area contributed by atoms with E-state index in [9.17, 15) is 39.0 Å². The maximum absolute atomic E-state index is 14.2. The number of carbonyl (C=O) groups is 6. The Bertz CT molecular complexity index is 1630. The van der Waals surface area contributed by atoms with Crippen molar-refractivity contribution in [2.45, 2.75) is 128 Å². The average molecular weight is 829 g/mol. The van der Waals surface area contributed by atoms with Gasteiger partial charge < -0.3 is 53.2 Å². The molecule has 0 unspecified atom stereocenters. The summed E-state index contributed by atoms with van der Waals surface area (Å²) in [5, 5.41) is 37.1. The van der Waals surface area contributed by atoms with Crippen LogP contribution >= 0.6 is 0 Å². The Labute approximate surface area is 345 Å². The number of carbonyl (C=O) groups excluding carboxylic acids is 5. The van der Waals surface area contributed by atoms with Gasteiger partial charge in [-0.1, -0.05) is 57.8 Å². The van der Waals surface area contributed by atoms with E-state index in [2.05, 4.69) is 41.6 Å². The summed E-state index contributed by atoms with van der Waals surface area (Å²) in [5.41, 5.74) is 20.7. The number of likely N-dealkylation sites (tertiary alicyclic amines) is 1. The smallest absolute Gasteiger partial charge is 0.326 e. The number of aliphatic imine (C=N–C) groups is 1. The molecule has 1 aliphatic heterocycles. The molecule has 0 radical (unpaired) electrons. The van der Waals surface area contributed by atoms with Gasteiger partial charge in [-0.25, -0.2) is 4.79 Å². The van der Waals surface area contributed by atoms with Crippen LogP contribution in [0, 0.1) is 11.8 Å². The molecule has 5 amide bonds. The van der Waals surface area contributed by atoms with Crippen LogP contribution in [0.1, 0.15) is 91.0 Å². The van der Waals surface area contributed by atoms with E-state index in [0.29, 0.717) is 31.4 Å². The number of phenolic OH excluding ortho intramolecular Hbond substituents is 1. The van der Waals surface area contributed by atoms with Gasteiger partial charge in [-0.15, -0.1) is 0 Å². The quantitative estimate of drug-likeness (QED) is 0.0159. The monoisotopic (exact) mass is 828 g/mol. The molecule has 7 atom stereocenters. The SMILES string of the molecule is CC[C@H](C)[C@@H](NC(=O)[C@@H](Cc1ccc(O)cc1)NC(=O)[C@H]1CCCN1C(=O)[C@@H](CCCN=C(N)N)NC(=O)[C@H](CCCCNC)N=[N+]=[N-])C(=O)N[C@H](CC(C)C)C(=O)O.